The lowest BCUT2D eigenvalue weighted by molar-refractivity contribution is 0.474. The van der Waals surface area contributed by atoms with E-state index in [-0.39, 0.29) is 11.8 Å². The first-order chi connectivity index (χ1) is 14.7. The maximum atomic E-state index is 10.4. The highest BCUT2D eigenvalue weighted by Gasteiger charge is 2.33. The number of aromatic nitrogens is 2. The lowest BCUT2D eigenvalue weighted by Gasteiger charge is -2.20. The molecule has 0 spiro atoms. The first-order valence-electron chi connectivity index (χ1n) is 9.79. The van der Waals surface area contributed by atoms with Crippen LogP contribution >= 0.6 is 11.3 Å². The summed E-state index contributed by atoms with van der Waals surface area (Å²) in [5.74, 6) is 0.246. The molecular formula is C24H20N4OS. The van der Waals surface area contributed by atoms with E-state index in [0.29, 0.717) is 6.42 Å². The molecule has 0 radical (unpaired) electrons. The fraction of sp³-hybridized carbons (Fsp3) is 0.125. The summed E-state index contributed by atoms with van der Waals surface area (Å²) in [6.07, 6.45) is 0.682. The number of benzene rings is 3. The molecule has 0 fully saturated rings. The number of aryl methyl sites for hydroxylation is 1. The number of anilines is 1. The molecule has 0 amide bonds. The highest BCUT2D eigenvalue weighted by molar-refractivity contribution is 7.18. The molecule has 2 heterocycles. The third-order valence-electron chi connectivity index (χ3n) is 5.19. The zero-order valence-corrected chi connectivity index (χ0v) is 17.3. The number of rotatable bonds is 4. The molecule has 3 aromatic carbocycles. The predicted molar refractivity (Wildman–Crippen MR) is 121 cm³/mol. The van der Waals surface area contributed by atoms with Crippen LogP contribution in [0.25, 0.3) is 10.6 Å². The molecule has 1 aromatic heterocycles. The average Bonchev–Trinajstić information content (AvgIpc) is 3.44. The van der Waals surface area contributed by atoms with Gasteiger partial charge in [0.2, 0.25) is 5.13 Å². The molecule has 1 aliphatic rings. The second kappa shape index (κ2) is 7.72. The highest BCUT2D eigenvalue weighted by Crippen LogP contribution is 2.40. The summed E-state index contributed by atoms with van der Waals surface area (Å²) >= 11 is 1.52. The molecule has 0 saturated heterocycles. The Morgan fingerprint density at radius 3 is 2.43 bits per heavy atom. The Balaban J connectivity index is 1.56. The smallest absolute Gasteiger partial charge is 0.229 e. The molecule has 1 N–H and O–H groups in total. The van der Waals surface area contributed by atoms with Gasteiger partial charge in [0.15, 0.2) is 0 Å². The minimum absolute atomic E-state index is 0.00214. The summed E-state index contributed by atoms with van der Waals surface area (Å²) in [6.45, 7) is 2.02. The van der Waals surface area contributed by atoms with Crippen LogP contribution in [0.3, 0.4) is 0 Å². The van der Waals surface area contributed by atoms with Crippen molar-refractivity contribution in [3.8, 4) is 16.3 Å². The van der Waals surface area contributed by atoms with E-state index in [9.17, 15) is 5.11 Å². The van der Waals surface area contributed by atoms with E-state index in [2.05, 4.69) is 22.3 Å². The number of hydrazone groups is 1. The van der Waals surface area contributed by atoms with Gasteiger partial charge in [-0.3, -0.25) is 0 Å². The van der Waals surface area contributed by atoms with Crippen molar-refractivity contribution in [2.75, 3.05) is 5.01 Å². The average molecular weight is 413 g/mol. The Hall–Kier alpha value is -3.51. The quantitative estimate of drug-likeness (QED) is 0.476. The molecule has 0 aliphatic carbocycles. The van der Waals surface area contributed by atoms with Gasteiger partial charge in [0.05, 0.1) is 11.8 Å². The second-order valence-corrected chi connectivity index (χ2v) is 8.25. The van der Waals surface area contributed by atoms with Gasteiger partial charge in [0.1, 0.15) is 10.8 Å². The molecule has 1 aliphatic heterocycles. The van der Waals surface area contributed by atoms with Crippen LogP contribution < -0.4 is 5.01 Å². The van der Waals surface area contributed by atoms with E-state index in [1.54, 1.807) is 6.07 Å². The minimum Gasteiger partial charge on any atom is -0.507 e. The number of aromatic hydroxyl groups is 1. The van der Waals surface area contributed by atoms with Crippen molar-refractivity contribution in [1.29, 1.82) is 0 Å². The van der Waals surface area contributed by atoms with Crippen molar-refractivity contribution < 1.29 is 5.11 Å². The van der Waals surface area contributed by atoms with Crippen molar-refractivity contribution in [1.82, 2.24) is 10.2 Å². The van der Waals surface area contributed by atoms with Crippen molar-refractivity contribution in [2.24, 2.45) is 5.10 Å². The van der Waals surface area contributed by atoms with Gasteiger partial charge in [-0.25, -0.2) is 5.01 Å². The zero-order valence-electron chi connectivity index (χ0n) is 16.4. The van der Waals surface area contributed by atoms with Crippen LogP contribution in [0.4, 0.5) is 5.13 Å². The van der Waals surface area contributed by atoms with E-state index in [0.717, 1.165) is 38.1 Å². The van der Waals surface area contributed by atoms with Crippen LogP contribution in [0.1, 0.15) is 29.2 Å². The third kappa shape index (κ3) is 3.46. The topological polar surface area (TPSA) is 61.6 Å². The molecule has 1 atom stereocenters. The van der Waals surface area contributed by atoms with Gasteiger partial charge in [-0.05, 0) is 24.6 Å². The van der Waals surface area contributed by atoms with Crippen molar-refractivity contribution >= 4 is 22.2 Å². The van der Waals surface area contributed by atoms with Crippen LogP contribution in [0.2, 0.25) is 0 Å². The molecule has 5 rings (SSSR count). The Kier molecular flexibility index (Phi) is 4.77. The summed E-state index contributed by atoms with van der Waals surface area (Å²) in [6, 6.07) is 25.9. The summed E-state index contributed by atoms with van der Waals surface area (Å²) in [5.41, 5.74) is 4.90. The number of phenols is 1. The van der Waals surface area contributed by atoms with Gasteiger partial charge in [-0.1, -0.05) is 83.6 Å². The first-order valence-corrected chi connectivity index (χ1v) is 10.6. The predicted octanol–water partition coefficient (Wildman–Crippen LogP) is 5.57. The van der Waals surface area contributed by atoms with E-state index in [4.69, 9.17) is 5.10 Å². The fourth-order valence-corrected chi connectivity index (χ4v) is 4.52. The lowest BCUT2D eigenvalue weighted by atomic mass is 9.97. The van der Waals surface area contributed by atoms with Crippen LogP contribution in [-0.2, 0) is 0 Å². The maximum absolute atomic E-state index is 10.4. The molecule has 4 aromatic rings. The highest BCUT2D eigenvalue weighted by atomic mass is 32.1. The normalized spacial score (nSPS) is 16.0. The molecular weight excluding hydrogens is 392 g/mol. The van der Waals surface area contributed by atoms with Crippen LogP contribution in [0, 0.1) is 6.92 Å². The molecule has 0 saturated carbocycles. The fourth-order valence-electron chi connectivity index (χ4n) is 3.67. The molecule has 30 heavy (non-hydrogen) atoms. The Morgan fingerprint density at radius 2 is 1.67 bits per heavy atom. The largest absolute Gasteiger partial charge is 0.507 e. The summed E-state index contributed by atoms with van der Waals surface area (Å²) in [5, 5.41) is 27.7. The van der Waals surface area contributed by atoms with E-state index >= 15 is 0 Å². The number of phenolic OH excluding ortho intramolecular Hbond substituents is 1. The Labute approximate surface area is 179 Å². The molecule has 6 heteroatoms. The summed E-state index contributed by atoms with van der Waals surface area (Å²) < 4.78 is 0. The monoisotopic (exact) mass is 412 g/mol. The van der Waals surface area contributed by atoms with Gasteiger partial charge in [0, 0.05) is 17.5 Å². The Morgan fingerprint density at radius 1 is 0.933 bits per heavy atom. The van der Waals surface area contributed by atoms with Gasteiger partial charge in [-0.2, -0.15) is 5.10 Å². The summed E-state index contributed by atoms with van der Waals surface area (Å²) in [4.78, 5) is 0. The van der Waals surface area contributed by atoms with E-state index < -0.39 is 0 Å². The van der Waals surface area contributed by atoms with Gasteiger partial charge >= 0.3 is 0 Å². The summed E-state index contributed by atoms with van der Waals surface area (Å²) in [7, 11) is 0. The van der Waals surface area contributed by atoms with Crippen LogP contribution in [0.5, 0.6) is 5.75 Å². The van der Waals surface area contributed by atoms with Crippen LogP contribution in [0.15, 0.2) is 84.0 Å². The SMILES string of the molecule is Cc1ccc(O)c(C2=NN(c3nnc(-c4ccccc4)s3)C(c3ccccc3)C2)c1. The second-order valence-electron chi connectivity index (χ2n) is 7.30. The third-order valence-corrected chi connectivity index (χ3v) is 6.15. The lowest BCUT2D eigenvalue weighted by Crippen LogP contribution is -2.18. The molecule has 1 unspecified atom stereocenters. The molecule has 148 valence electrons. The number of hydrogen-bond acceptors (Lipinski definition) is 6. The Bertz CT molecular complexity index is 1200. The van der Waals surface area contributed by atoms with Gasteiger partial charge in [0.25, 0.3) is 0 Å². The maximum Gasteiger partial charge on any atom is 0.229 e. The number of hydrogen-bond donors (Lipinski definition) is 1. The van der Waals surface area contributed by atoms with Crippen molar-refractivity contribution in [3.63, 3.8) is 0 Å². The first kappa shape index (κ1) is 18.5. The number of nitrogens with zero attached hydrogens (tertiary/aromatic N) is 4. The zero-order chi connectivity index (χ0) is 20.5. The van der Waals surface area contributed by atoms with Crippen LogP contribution in [-0.4, -0.2) is 21.0 Å². The standard InChI is InChI=1S/C24H20N4OS/c1-16-12-13-22(29)19(14-16)20-15-21(17-8-4-2-5-9-17)28(27-20)24-26-25-23(30-24)18-10-6-3-7-11-18/h2-14,21,29H,15H2,1H3. The minimum atomic E-state index is -0.00214. The van der Waals surface area contributed by atoms with Crippen molar-refractivity contribution in [3.05, 3.63) is 95.6 Å². The van der Waals surface area contributed by atoms with Gasteiger partial charge < -0.3 is 5.11 Å². The molecule has 5 nitrogen and oxygen atoms in total. The van der Waals surface area contributed by atoms with E-state index in [1.165, 1.54) is 11.3 Å². The molecule has 0 bridgehead atoms. The van der Waals surface area contributed by atoms with E-state index in [1.807, 2.05) is 72.6 Å². The van der Waals surface area contributed by atoms with Gasteiger partial charge in [-0.15, -0.1) is 10.2 Å². The van der Waals surface area contributed by atoms with Crippen molar-refractivity contribution in [2.45, 2.75) is 19.4 Å².